The van der Waals surface area contributed by atoms with Crippen LogP contribution < -0.4 is 9.47 Å². The van der Waals surface area contributed by atoms with Crippen LogP contribution in [0.2, 0.25) is 0 Å². The summed E-state index contributed by atoms with van der Waals surface area (Å²) in [5.41, 5.74) is 2.14. The van der Waals surface area contributed by atoms with Gasteiger partial charge in [-0.05, 0) is 71.1 Å². The van der Waals surface area contributed by atoms with Gasteiger partial charge in [0.1, 0.15) is 0 Å². The molecule has 0 spiro atoms. The standard InChI is InChI=1S/C15H16ClIO2S/c1-3-18-12-6-5-10(7-13(12)19-4-2)15(16)11-8-14(17)20-9-11/h5-9,15H,3-4H2,1-2H3. The van der Waals surface area contributed by atoms with Gasteiger partial charge in [-0.3, -0.25) is 0 Å². The minimum absolute atomic E-state index is 0.162. The molecule has 0 N–H and O–H groups in total. The number of alkyl halides is 1. The predicted molar refractivity (Wildman–Crippen MR) is 93.5 cm³/mol. The second kappa shape index (κ2) is 7.52. The fraction of sp³-hybridized carbons (Fsp3) is 0.333. The topological polar surface area (TPSA) is 18.5 Å². The summed E-state index contributed by atoms with van der Waals surface area (Å²) in [5.74, 6) is 1.52. The van der Waals surface area contributed by atoms with Crippen molar-refractivity contribution in [3.63, 3.8) is 0 Å². The van der Waals surface area contributed by atoms with Gasteiger partial charge in [0.2, 0.25) is 0 Å². The van der Waals surface area contributed by atoms with Crippen LogP contribution in [0.4, 0.5) is 0 Å². The Kier molecular flexibility index (Phi) is 5.99. The SMILES string of the molecule is CCOc1ccc(C(Cl)c2csc(I)c2)cc1OCC. The number of benzene rings is 1. The molecule has 1 aromatic carbocycles. The lowest BCUT2D eigenvalue weighted by atomic mass is 10.1. The number of halogens is 2. The van der Waals surface area contributed by atoms with Crippen LogP contribution in [0.15, 0.2) is 29.6 Å². The summed E-state index contributed by atoms with van der Waals surface area (Å²) >= 11 is 10.6. The van der Waals surface area contributed by atoms with Crippen molar-refractivity contribution >= 4 is 45.5 Å². The summed E-state index contributed by atoms with van der Waals surface area (Å²) in [6, 6.07) is 8.00. The molecule has 1 aromatic heterocycles. The number of hydrogen-bond donors (Lipinski definition) is 0. The van der Waals surface area contributed by atoms with E-state index in [2.05, 4.69) is 34.0 Å². The highest BCUT2D eigenvalue weighted by Gasteiger charge is 2.15. The molecule has 2 rings (SSSR count). The first-order chi connectivity index (χ1) is 9.65. The molecular formula is C15H16ClIO2S. The van der Waals surface area contributed by atoms with E-state index in [0.29, 0.717) is 13.2 Å². The smallest absolute Gasteiger partial charge is 0.161 e. The van der Waals surface area contributed by atoms with Crippen LogP contribution in [0.25, 0.3) is 0 Å². The average Bonchev–Trinajstić information content (AvgIpc) is 2.87. The van der Waals surface area contributed by atoms with Crippen LogP contribution in [-0.4, -0.2) is 13.2 Å². The van der Waals surface area contributed by atoms with Gasteiger partial charge in [-0.2, -0.15) is 0 Å². The van der Waals surface area contributed by atoms with Crippen molar-refractivity contribution in [1.29, 1.82) is 0 Å². The summed E-state index contributed by atoms with van der Waals surface area (Å²) < 4.78 is 12.4. The minimum Gasteiger partial charge on any atom is -0.490 e. The van der Waals surface area contributed by atoms with E-state index in [4.69, 9.17) is 21.1 Å². The van der Waals surface area contributed by atoms with Gasteiger partial charge in [-0.1, -0.05) is 6.07 Å². The molecule has 0 saturated heterocycles. The minimum atomic E-state index is -0.162. The summed E-state index contributed by atoms with van der Waals surface area (Å²) in [7, 11) is 0. The quantitative estimate of drug-likeness (QED) is 0.453. The van der Waals surface area contributed by atoms with Crippen molar-refractivity contribution in [2.45, 2.75) is 19.2 Å². The molecule has 0 bridgehead atoms. The van der Waals surface area contributed by atoms with E-state index in [0.717, 1.165) is 22.6 Å². The fourth-order valence-corrected chi connectivity index (χ4v) is 3.61. The number of ether oxygens (including phenoxy) is 2. The third-order valence-corrected chi connectivity index (χ3v) is 5.05. The zero-order valence-electron chi connectivity index (χ0n) is 11.4. The van der Waals surface area contributed by atoms with E-state index in [9.17, 15) is 0 Å². The molecule has 0 aliphatic heterocycles. The van der Waals surface area contributed by atoms with Crippen LogP contribution >= 0.6 is 45.5 Å². The van der Waals surface area contributed by atoms with Crippen molar-refractivity contribution in [2.24, 2.45) is 0 Å². The molecule has 5 heteroatoms. The first-order valence-electron chi connectivity index (χ1n) is 6.43. The van der Waals surface area contributed by atoms with Gasteiger partial charge in [0, 0.05) is 0 Å². The third kappa shape index (κ3) is 3.80. The molecule has 108 valence electrons. The van der Waals surface area contributed by atoms with Gasteiger partial charge in [-0.15, -0.1) is 22.9 Å². The monoisotopic (exact) mass is 422 g/mol. The van der Waals surface area contributed by atoms with Crippen molar-refractivity contribution in [1.82, 2.24) is 0 Å². The lowest BCUT2D eigenvalue weighted by Crippen LogP contribution is -2.00. The Hall–Kier alpha value is -0.460. The summed E-state index contributed by atoms with van der Waals surface area (Å²) in [5, 5.41) is 1.93. The normalized spacial score (nSPS) is 12.2. The molecule has 1 heterocycles. The maximum atomic E-state index is 6.55. The van der Waals surface area contributed by atoms with Gasteiger partial charge in [0.15, 0.2) is 11.5 Å². The molecule has 0 fully saturated rings. The molecule has 2 nitrogen and oxygen atoms in total. The Morgan fingerprint density at radius 1 is 1.10 bits per heavy atom. The van der Waals surface area contributed by atoms with E-state index >= 15 is 0 Å². The number of rotatable bonds is 6. The largest absolute Gasteiger partial charge is 0.490 e. The molecule has 1 unspecified atom stereocenters. The first kappa shape index (κ1) is 15.9. The molecule has 0 amide bonds. The van der Waals surface area contributed by atoms with Gasteiger partial charge in [0.05, 0.1) is 21.5 Å². The molecular weight excluding hydrogens is 407 g/mol. The summed E-state index contributed by atoms with van der Waals surface area (Å²) in [6.45, 7) is 5.14. The third-order valence-electron chi connectivity index (χ3n) is 2.74. The van der Waals surface area contributed by atoms with E-state index in [1.54, 1.807) is 11.3 Å². The Bertz CT molecular complexity index is 571. The predicted octanol–water partition coefficient (Wildman–Crippen LogP) is 5.48. The van der Waals surface area contributed by atoms with Crippen molar-refractivity contribution < 1.29 is 9.47 Å². The van der Waals surface area contributed by atoms with E-state index < -0.39 is 0 Å². The first-order valence-corrected chi connectivity index (χ1v) is 8.82. The van der Waals surface area contributed by atoms with Crippen molar-refractivity contribution in [3.05, 3.63) is 43.7 Å². The van der Waals surface area contributed by atoms with Crippen LogP contribution in [-0.2, 0) is 0 Å². The van der Waals surface area contributed by atoms with Gasteiger partial charge < -0.3 is 9.47 Å². The van der Waals surface area contributed by atoms with Crippen LogP contribution in [0.3, 0.4) is 0 Å². The maximum absolute atomic E-state index is 6.55. The van der Waals surface area contributed by atoms with E-state index in [-0.39, 0.29) is 5.38 Å². The second-order valence-electron chi connectivity index (χ2n) is 4.12. The lowest BCUT2D eigenvalue weighted by Gasteiger charge is -2.14. The van der Waals surface area contributed by atoms with Crippen molar-refractivity contribution in [2.75, 3.05) is 13.2 Å². The number of thiophene rings is 1. The molecule has 20 heavy (non-hydrogen) atoms. The number of hydrogen-bond acceptors (Lipinski definition) is 3. The molecule has 1 atom stereocenters. The zero-order chi connectivity index (χ0) is 14.5. The molecule has 0 saturated carbocycles. The van der Waals surface area contributed by atoms with E-state index in [1.807, 2.05) is 32.0 Å². The van der Waals surface area contributed by atoms with Crippen LogP contribution in [0.1, 0.15) is 30.4 Å². The van der Waals surface area contributed by atoms with Gasteiger partial charge in [0.25, 0.3) is 0 Å². The Morgan fingerprint density at radius 3 is 2.40 bits per heavy atom. The summed E-state index contributed by atoms with van der Waals surface area (Å²) in [6.07, 6.45) is 0. The van der Waals surface area contributed by atoms with Gasteiger partial charge in [-0.25, -0.2) is 0 Å². The zero-order valence-corrected chi connectivity index (χ0v) is 15.1. The fourth-order valence-electron chi connectivity index (χ4n) is 1.87. The second-order valence-corrected chi connectivity index (χ2v) is 7.36. The van der Waals surface area contributed by atoms with Crippen LogP contribution in [0.5, 0.6) is 11.5 Å². The van der Waals surface area contributed by atoms with Gasteiger partial charge >= 0.3 is 0 Å². The lowest BCUT2D eigenvalue weighted by molar-refractivity contribution is 0.287. The molecule has 0 radical (unpaired) electrons. The van der Waals surface area contributed by atoms with Crippen molar-refractivity contribution in [3.8, 4) is 11.5 Å². The highest BCUT2D eigenvalue weighted by molar-refractivity contribution is 14.1. The summed E-state index contributed by atoms with van der Waals surface area (Å²) in [4.78, 5) is 0. The highest BCUT2D eigenvalue weighted by Crippen LogP contribution is 2.37. The molecule has 0 aliphatic carbocycles. The Labute approximate surface area is 142 Å². The molecule has 0 aliphatic rings. The Morgan fingerprint density at radius 2 is 1.80 bits per heavy atom. The Balaban J connectivity index is 2.29. The maximum Gasteiger partial charge on any atom is 0.161 e. The van der Waals surface area contributed by atoms with Crippen LogP contribution in [0, 0.1) is 2.88 Å². The molecule has 2 aromatic rings. The van der Waals surface area contributed by atoms with E-state index in [1.165, 1.54) is 2.88 Å². The average molecular weight is 423 g/mol. The highest BCUT2D eigenvalue weighted by atomic mass is 127.